The van der Waals surface area contributed by atoms with Crippen LogP contribution in [0.15, 0.2) is 64.5 Å². The molecule has 1 aromatic heterocycles. The molecule has 1 aliphatic heterocycles. The van der Waals surface area contributed by atoms with Crippen molar-refractivity contribution in [3.05, 3.63) is 76.7 Å². The number of aromatic nitrogens is 3. The first-order chi connectivity index (χ1) is 15.3. The van der Waals surface area contributed by atoms with Crippen molar-refractivity contribution in [2.24, 2.45) is 0 Å². The molecule has 2 heterocycles. The summed E-state index contributed by atoms with van der Waals surface area (Å²) in [5, 5.41) is 0. The van der Waals surface area contributed by atoms with E-state index in [0.717, 1.165) is 15.8 Å². The van der Waals surface area contributed by atoms with Crippen molar-refractivity contribution in [2.45, 2.75) is 18.6 Å². The average Bonchev–Trinajstić information content (AvgIpc) is 2.79. The average molecular weight is 460 g/mol. The van der Waals surface area contributed by atoms with Gasteiger partial charge in [0.25, 0.3) is 10.1 Å². The van der Waals surface area contributed by atoms with Crippen LogP contribution in [0, 0.1) is 12.7 Å². The van der Waals surface area contributed by atoms with Crippen molar-refractivity contribution >= 4 is 21.8 Å². The van der Waals surface area contributed by atoms with Gasteiger partial charge in [0.15, 0.2) is 0 Å². The molecule has 1 fully saturated rings. The SMILES string of the molecule is Cc1ccc(S(=O)(=O)OCn2cnc(N3CCN(c4ccc(F)cc4)CC3)nc2=O)cc1. The number of nitrogens with zero attached hydrogens (tertiary/aromatic N) is 5. The van der Waals surface area contributed by atoms with Crippen molar-refractivity contribution in [1.29, 1.82) is 0 Å². The van der Waals surface area contributed by atoms with Crippen LogP contribution in [0.3, 0.4) is 0 Å². The number of halogens is 1. The molecular weight excluding hydrogens is 437 g/mol. The van der Waals surface area contributed by atoms with E-state index in [1.807, 2.05) is 11.8 Å². The molecule has 4 rings (SSSR count). The number of hydrogen-bond donors (Lipinski definition) is 0. The van der Waals surface area contributed by atoms with E-state index in [2.05, 4.69) is 14.9 Å². The van der Waals surface area contributed by atoms with E-state index in [9.17, 15) is 17.6 Å². The summed E-state index contributed by atoms with van der Waals surface area (Å²) in [6.07, 6.45) is 1.22. The zero-order valence-corrected chi connectivity index (χ0v) is 18.2. The fraction of sp³-hybridized carbons (Fsp3) is 0.286. The van der Waals surface area contributed by atoms with Crippen molar-refractivity contribution in [1.82, 2.24) is 14.5 Å². The molecule has 0 N–H and O–H groups in total. The standard InChI is InChI=1S/C21H22FN5O4S/c1-16-2-8-19(9-3-16)32(29,30)31-15-27-14-23-20(24-21(27)28)26-12-10-25(11-13-26)18-6-4-17(22)5-7-18/h2-9,14H,10-13,15H2,1H3. The normalized spacial score (nSPS) is 14.6. The Bertz CT molecular complexity index is 1240. The van der Waals surface area contributed by atoms with Crippen LogP contribution < -0.4 is 15.5 Å². The Morgan fingerprint density at radius 1 is 0.969 bits per heavy atom. The van der Waals surface area contributed by atoms with Gasteiger partial charge in [0.2, 0.25) is 5.95 Å². The number of benzene rings is 2. The van der Waals surface area contributed by atoms with Gasteiger partial charge in [-0.3, -0.25) is 4.57 Å². The first kappa shape index (κ1) is 21.9. The van der Waals surface area contributed by atoms with Gasteiger partial charge in [-0.15, -0.1) is 0 Å². The minimum atomic E-state index is -4.01. The second-order valence-electron chi connectivity index (χ2n) is 7.37. The molecular formula is C21H22FN5O4S. The summed E-state index contributed by atoms with van der Waals surface area (Å²) in [7, 11) is -4.01. The summed E-state index contributed by atoms with van der Waals surface area (Å²) >= 11 is 0. The summed E-state index contributed by atoms with van der Waals surface area (Å²) < 4.78 is 43.7. The van der Waals surface area contributed by atoms with Gasteiger partial charge in [-0.1, -0.05) is 17.7 Å². The number of aryl methyl sites for hydroxylation is 1. The third kappa shape index (κ3) is 4.94. The number of hydrogen-bond acceptors (Lipinski definition) is 8. The minimum Gasteiger partial charge on any atom is -0.368 e. The van der Waals surface area contributed by atoms with E-state index in [4.69, 9.17) is 4.18 Å². The second kappa shape index (κ2) is 9.05. The molecule has 0 saturated carbocycles. The van der Waals surface area contributed by atoms with Gasteiger partial charge in [-0.25, -0.2) is 18.4 Å². The highest BCUT2D eigenvalue weighted by atomic mass is 32.2. The quantitative estimate of drug-likeness (QED) is 0.515. The van der Waals surface area contributed by atoms with E-state index in [0.29, 0.717) is 26.2 Å². The van der Waals surface area contributed by atoms with E-state index >= 15 is 0 Å². The zero-order chi connectivity index (χ0) is 22.7. The summed E-state index contributed by atoms with van der Waals surface area (Å²) in [6, 6.07) is 12.5. The molecule has 168 valence electrons. The summed E-state index contributed by atoms with van der Waals surface area (Å²) in [5.74, 6) is -0.0107. The fourth-order valence-corrected chi connectivity index (χ4v) is 4.16. The smallest absolute Gasteiger partial charge is 0.354 e. The molecule has 0 spiro atoms. The molecule has 9 nitrogen and oxygen atoms in total. The van der Waals surface area contributed by atoms with E-state index in [1.54, 1.807) is 24.3 Å². The Morgan fingerprint density at radius 3 is 2.22 bits per heavy atom. The van der Waals surface area contributed by atoms with Crippen molar-refractivity contribution in [3.63, 3.8) is 0 Å². The Morgan fingerprint density at radius 2 is 1.59 bits per heavy atom. The van der Waals surface area contributed by atoms with Gasteiger partial charge in [0, 0.05) is 31.9 Å². The van der Waals surface area contributed by atoms with E-state index < -0.39 is 22.5 Å². The molecule has 2 aromatic carbocycles. The van der Waals surface area contributed by atoms with Crippen LogP contribution >= 0.6 is 0 Å². The molecule has 0 amide bonds. The summed E-state index contributed by atoms with van der Waals surface area (Å²) in [5.41, 5.74) is 1.19. The second-order valence-corrected chi connectivity index (χ2v) is 8.99. The molecule has 1 aliphatic rings. The molecule has 0 aliphatic carbocycles. The number of piperazine rings is 1. The monoisotopic (exact) mass is 459 g/mol. The lowest BCUT2D eigenvalue weighted by atomic mass is 10.2. The van der Waals surface area contributed by atoms with Gasteiger partial charge >= 0.3 is 5.69 Å². The molecule has 0 atom stereocenters. The maximum absolute atomic E-state index is 13.1. The van der Waals surface area contributed by atoms with Gasteiger partial charge in [-0.2, -0.15) is 13.4 Å². The van der Waals surface area contributed by atoms with Crippen LogP contribution in [0.2, 0.25) is 0 Å². The third-order valence-electron chi connectivity index (χ3n) is 5.16. The lowest BCUT2D eigenvalue weighted by molar-refractivity contribution is 0.234. The predicted octanol–water partition coefficient (Wildman–Crippen LogP) is 1.78. The van der Waals surface area contributed by atoms with Crippen LogP contribution in [-0.4, -0.2) is 49.1 Å². The van der Waals surface area contributed by atoms with Crippen LogP contribution in [0.4, 0.5) is 16.0 Å². The Labute approximate surface area is 184 Å². The van der Waals surface area contributed by atoms with E-state index in [1.165, 1.54) is 30.6 Å². The van der Waals surface area contributed by atoms with Crippen molar-refractivity contribution in [3.8, 4) is 0 Å². The lowest BCUT2D eigenvalue weighted by Crippen LogP contribution is -2.47. The Balaban J connectivity index is 1.38. The summed E-state index contributed by atoms with van der Waals surface area (Å²) in [6.45, 7) is 3.82. The maximum Gasteiger partial charge on any atom is 0.354 e. The lowest BCUT2D eigenvalue weighted by Gasteiger charge is -2.36. The summed E-state index contributed by atoms with van der Waals surface area (Å²) in [4.78, 5) is 24.5. The highest BCUT2D eigenvalue weighted by molar-refractivity contribution is 7.86. The first-order valence-electron chi connectivity index (χ1n) is 9.97. The van der Waals surface area contributed by atoms with Gasteiger partial charge in [-0.05, 0) is 43.3 Å². The molecule has 3 aromatic rings. The van der Waals surface area contributed by atoms with Gasteiger partial charge < -0.3 is 9.80 Å². The molecule has 0 radical (unpaired) electrons. The highest BCUT2D eigenvalue weighted by Crippen LogP contribution is 2.18. The van der Waals surface area contributed by atoms with Crippen LogP contribution in [0.5, 0.6) is 0 Å². The first-order valence-corrected chi connectivity index (χ1v) is 11.4. The Kier molecular flexibility index (Phi) is 6.19. The van der Waals surface area contributed by atoms with E-state index in [-0.39, 0.29) is 16.7 Å². The predicted molar refractivity (Wildman–Crippen MR) is 117 cm³/mol. The molecule has 0 unspecified atom stereocenters. The largest absolute Gasteiger partial charge is 0.368 e. The maximum atomic E-state index is 13.1. The fourth-order valence-electron chi connectivity index (χ4n) is 3.31. The topological polar surface area (TPSA) is 97.6 Å². The molecule has 1 saturated heterocycles. The number of anilines is 2. The van der Waals surface area contributed by atoms with Crippen LogP contribution in [0.1, 0.15) is 5.56 Å². The van der Waals surface area contributed by atoms with Crippen LogP contribution in [-0.2, 0) is 21.0 Å². The molecule has 32 heavy (non-hydrogen) atoms. The van der Waals surface area contributed by atoms with Gasteiger partial charge in [0.1, 0.15) is 18.9 Å². The molecule has 11 heteroatoms. The Hall–Kier alpha value is -3.31. The number of rotatable bonds is 6. The van der Waals surface area contributed by atoms with Crippen LogP contribution in [0.25, 0.3) is 0 Å². The molecule has 0 bridgehead atoms. The minimum absolute atomic E-state index is 0.00714. The highest BCUT2D eigenvalue weighted by Gasteiger charge is 2.21. The van der Waals surface area contributed by atoms with Crippen molar-refractivity contribution < 1.29 is 17.0 Å². The zero-order valence-electron chi connectivity index (χ0n) is 17.4. The third-order valence-corrected chi connectivity index (χ3v) is 6.43. The van der Waals surface area contributed by atoms with Crippen molar-refractivity contribution in [2.75, 3.05) is 36.0 Å². The van der Waals surface area contributed by atoms with Gasteiger partial charge in [0.05, 0.1) is 4.90 Å².